The Bertz CT molecular complexity index is 2720. The number of nitrogens with one attached hydrogen (secondary N) is 1. The molecule has 2 aliphatic rings. The summed E-state index contributed by atoms with van der Waals surface area (Å²) in [6.45, 7) is 0. The summed E-state index contributed by atoms with van der Waals surface area (Å²) in [6.07, 6.45) is 0.892. The number of carbonyl (C=O) groups excluding carboxylic acids is 2. The second-order valence-corrected chi connectivity index (χ2v) is 17.2. The standard InChI is InChI=1S/C17H16N2O5S.C10H13NO3.C9H11NO3.C7H4ClNO2S.ClH/c1-24-17(21)14(10-11-6-8-12(20)9-7-11)18-16-13-4-2-3-5-15(13)25(22,23)19-16;1-14-10(13)9(11)6-7-2-4-8(12)5-3-7;10-8(9(12)13)5-6-1-3-7(11)4-2-6;8-7-5-3-1-2-4-6(5)12(10,11)9-7;/h2-9,14,20H,10H2,1H3,(H,18,19);2-5,9,12H,6,11H2,1H3;1-4,8,11H,5,10H2,(H,12,13);1-4H;1H/t14-;9-;8-;;/m000../s1. The Morgan fingerprint density at radius 3 is 1.51 bits per heavy atom. The number of aromatic hydroxyl groups is 3. The van der Waals surface area contributed by atoms with Gasteiger partial charge in [0.15, 0.2) is 11.2 Å². The number of hydrogen-bond donors (Lipinski definition) is 7. The lowest BCUT2D eigenvalue weighted by molar-refractivity contribution is -0.142. The second kappa shape index (κ2) is 23.9. The lowest BCUT2D eigenvalue weighted by Gasteiger charge is -2.12. The van der Waals surface area contributed by atoms with Crippen LogP contribution < -0.4 is 16.2 Å². The molecule has 2 aliphatic heterocycles. The van der Waals surface area contributed by atoms with E-state index in [0.717, 1.165) is 16.7 Å². The van der Waals surface area contributed by atoms with Gasteiger partial charge in [-0.2, -0.15) is 8.42 Å². The van der Waals surface area contributed by atoms with Gasteiger partial charge >= 0.3 is 17.9 Å². The van der Waals surface area contributed by atoms with E-state index in [2.05, 4.69) is 18.8 Å². The minimum Gasteiger partial charge on any atom is -0.508 e. The molecule has 0 radical (unpaired) electrons. The van der Waals surface area contributed by atoms with Crippen molar-refractivity contribution in [2.24, 2.45) is 20.9 Å². The molecular formula is C43H45Cl2N5O13S2. The molecule has 0 aliphatic carbocycles. The van der Waals surface area contributed by atoms with Gasteiger partial charge in [0.1, 0.15) is 35.2 Å². The number of carboxylic acids is 1. The van der Waals surface area contributed by atoms with Gasteiger partial charge in [-0.15, -0.1) is 16.8 Å². The Morgan fingerprint density at radius 1 is 0.646 bits per heavy atom. The van der Waals surface area contributed by atoms with Crippen LogP contribution in [0.2, 0.25) is 0 Å². The van der Waals surface area contributed by atoms with E-state index >= 15 is 0 Å². The summed E-state index contributed by atoms with van der Waals surface area (Å²) >= 11 is 5.60. The first-order valence-corrected chi connectivity index (χ1v) is 22.1. The van der Waals surface area contributed by atoms with Crippen LogP contribution in [-0.4, -0.2) is 98.5 Å². The number of aliphatic carboxylic acids is 1. The average Bonchev–Trinajstić information content (AvgIpc) is 3.68. The summed E-state index contributed by atoms with van der Waals surface area (Å²) in [7, 11) is -4.62. The first-order valence-electron chi connectivity index (χ1n) is 18.8. The van der Waals surface area contributed by atoms with Crippen LogP contribution in [0.15, 0.2) is 141 Å². The predicted octanol–water partition coefficient (Wildman–Crippen LogP) is 3.79. The van der Waals surface area contributed by atoms with Crippen molar-refractivity contribution in [2.75, 3.05) is 14.2 Å². The zero-order valence-electron chi connectivity index (χ0n) is 34.5. The van der Waals surface area contributed by atoms with Crippen molar-refractivity contribution >= 4 is 73.0 Å². The highest BCUT2D eigenvalue weighted by Gasteiger charge is 2.32. The Labute approximate surface area is 385 Å². The van der Waals surface area contributed by atoms with Crippen LogP contribution in [0.4, 0.5) is 0 Å². The molecule has 0 fully saturated rings. The monoisotopic (exact) mass is 973 g/mol. The van der Waals surface area contributed by atoms with Crippen molar-refractivity contribution in [3.05, 3.63) is 149 Å². The highest BCUT2D eigenvalue weighted by Crippen LogP contribution is 2.27. The molecule has 9 N–H and O–H groups in total. The van der Waals surface area contributed by atoms with E-state index in [-0.39, 0.29) is 63.3 Å². The number of benzene rings is 5. The van der Waals surface area contributed by atoms with E-state index in [0.29, 0.717) is 17.5 Å². The number of halogens is 2. The molecular weight excluding hydrogens is 930 g/mol. The number of hydrogen-bond acceptors (Lipinski definition) is 15. The number of carbonyl (C=O) groups is 3. The molecule has 0 saturated heterocycles. The van der Waals surface area contributed by atoms with Crippen molar-refractivity contribution in [3.8, 4) is 17.2 Å². The highest BCUT2D eigenvalue weighted by atomic mass is 35.5. The molecule has 7 rings (SSSR count). The Morgan fingerprint density at radius 2 is 1.06 bits per heavy atom. The number of amidine groups is 1. The number of esters is 2. The number of ether oxygens (including phenoxy) is 2. The summed E-state index contributed by atoms with van der Waals surface area (Å²) in [5.74, 6) is -1.45. The third-order valence-electron chi connectivity index (χ3n) is 8.98. The highest BCUT2D eigenvalue weighted by molar-refractivity contribution is 7.91. The number of rotatable bonds is 10. The van der Waals surface area contributed by atoms with Gasteiger partial charge in [-0.1, -0.05) is 78.3 Å². The number of phenols is 3. The fourth-order valence-electron chi connectivity index (χ4n) is 5.72. The fraction of sp³-hybridized carbons (Fsp3) is 0.186. The maximum atomic E-state index is 12.1. The van der Waals surface area contributed by atoms with Crippen LogP contribution >= 0.6 is 24.0 Å². The molecule has 346 valence electrons. The minimum absolute atomic E-state index is 0. The van der Waals surface area contributed by atoms with Gasteiger partial charge in [0.05, 0.1) is 24.0 Å². The van der Waals surface area contributed by atoms with E-state index in [1.54, 1.807) is 84.9 Å². The Balaban J connectivity index is 0.000000242. The molecule has 65 heavy (non-hydrogen) atoms. The van der Waals surface area contributed by atoms with E-state index in [1.807, 2.05) is 0 Å². The summed E-state index contributed by atoms with van der Waals surface area (Å²) in [6, 6.07) is 29.7. The SMILES string of the molecule is COC(=O)[C@@H](N)Cc1ccc(O)cc1.COC(=O)[C@H](Cc1ccc(O)cc1)N=C1NS(=O)(=O)c2ccccc21.Cl.N[C@@H](Cc1ccc(O)cc1)C(=O)O.O=S1(=O)N=C(Cl)c2ccccc21. The molecule has 0 unspecified atom stereocenters. The van der Waals surface area contributed by atoms with Crippen molar-refractivity contribution in [1.82, 2.24) is 4.72 Å². The maximum Gasteiger partial charge on any atom is 0.331 e. The summed E-state index contributed by atoms with van der Waals surface area (Å²) < 4.78 is 61.7. The first kappa shape index (κ1) is 52.8. The predicted molar refractivity (Wildman–Crippen MR) is 243 cm³/mol. The van der Waals surface area contributed by atoms with E-state index in [1.165, 1.54) is 50.6 Å². The first-order chi connectivity index (χ1) is 30.2. The van der Waals surface area contributed by atoms with Gasteiger partial charge in [0, 0.05) is 17.5 Å². The zero-order valence-corrected chi connectivity index (χ0v) is 37.7. The molecule has 5 aromatic rings. The van der Waals surface area contributed by atoms with Gasteiger partial charge in [-0.3, -0.25) is 19.3 Å². The molecule has 0 amide bonds. The topological polar surface area (TPSA) is 308 Å². The lowest BCUT2D eigenvalue weighted by Crippen LogP contribution is -2.33. The summed E-state index contributed by atoms with van der Waals surface area (Å²) in [5.41, 5.74) is 14.2. The van der Waals surface area contributed by atoms with E-state index in [4.69, 9.17) is 43.1 Å². The molecule has 0 saturated carbocycles. The van der Waals surface area contributed by atoms with E-state index < -0.39 is 56.1 Å². The quantitative estimate of drug-likeness (QED) is 0.0980. The van der Waals surface area contributed by atoms with Crippen molar-refractivity contribution < 1.29 is 61.1 Å². The smallest absolute Gasteiger partial charge is 0.331 e. The van der Waals surface area contributed by atoms with Crippen molar-refractivity contribution in [1.29, 1.82) is 0 Å². The molecule has 2 heterocycles. The minimum atomic E-state index is -3.68. The van der Waals surface area contributed by atoms with Gasteiger partial charge in [-0.05, 0) is 84.1 Å². The molecule has 0 spiro atoms. The molecule has 0 aromatic heterocycles. The summed E-state index contributed by atoms with van der Waals surface area (Å²) in [4.78, 5) is 38.1. The van der Waals surface area contributed by atoms with Crippen LogP contribution in [0.1, 0.15) is 27.8 Å². The molecule has 5 aromatic carbocycles. The van der Waals surface area contributed by atoms with Gasteiger partial charge in [-0.25, -0.2) is 13.2 Å². The van der Waals surface area contributed by atoms with Gasteiger partial charge in [0.2, 0.25) is 0 Å². The number of aliphatic imine (C=N–C) groups is 1. The number of fused-ring (bicyclic) bond motifs is 2. The van der Waals surface area contributed by atoms with E-state index in [9.17, 15) is 36.3 Å². The van der Waals surface area contributed by atoms with Crippen LogP contribution in [0.3, 0.4) is 0 Å². The third-order valence-corrected chi connectivity index (χ3v) is 12.1. The number of sulfonamides is 2. The number of nitrogens with two attached hydrogens (primary N) is 2. The Hall–Kier alpha value is -6.55. The average molecular weight is 975 g/mol. The van der Waals surface area contributed by atoms with Crippen LogP contribution in [-0.2, 0) is 63.2 Å². The fourth-order valence-corrected chi connectivity index (χ4v) is 8.55. The van der Waals surface area contributed by atoms with Crippen LogP contribution in [0, 0.1) is 0 Å². The third kappa shape index (κ3) is 15.3. The second-order valence-electron chi connectivity index (χ2n) is 13.7. The van der Waals surface area contributed by atoms with Crippen molar-refractivity contribution in [3.63, 3.8) is 0 Å². The van der Waals surface area contributed by atoms with Crippen molar-refractivity contribution in [2.45, 2.75) is 47.2 Å². The molecule has 18 nitrogen and oxygen atoms in total. The molecule has 0 bridgehead atoms. The van der Waals surface area contributed by atoms with Gasteiger partial charge < -0.3 is 41.4 Å². The normalized spacial score (nSPS) is 15.3. The lowest BCUT2D eigenvalue weighted by atomic mass is 10.1. The molecule has 22 heteroatoms. The summed E-state index contributed by atoms with van der Waals surface area (Å²) in [5, 5.41) is 35.9. The van der Waals surface area contributed by atoms with Crippen LogP contribution in [0.5, 0.6) is 17.2 Å². The van der Waals surface area contributed by atoms with Gasteiger partial charge in [0.25, 0.3) is 20.0 Å². The Kier molecular flexibility index (Phi) is 19.4. The number of methoxy groups -OCH3 is 2. The maximum absolute atomic E-state index is 12.1. The number of nitrogens with zero attached hydrogens (tertiary/aromatic N) is 2. The number of phenolic OH excluding ortho intramolecular Hbond substituents is 3. The number of carboxylic acid groups (broad SMARTS) is 1. The van der Waals surface area contributed by atoms with Crippen LogP contribution in [0.25, 0.3) is 0 Å². The largest absolute Gasteiger partial charge is 0.508 e. The molecule has 3 atom stereocenters. The zero-order chi connectivity index (χ0) is 47.2.